The van der Waals surface area contributed by atoms with E-state index in [2.05, 4.69) is 10.6 Å². The molecule has 1 aliphatic carbocycles. The summed E-state index contributed by atoms with van der Waals surface area (Å²) in [5.41, 5.74) is 5.89. The van der Waals surface area contributed by atoms with Gasteiger partial charge in [-0.2, -0.15) is 8.42 Å². The molecule has 34 heavy (non-hydrogen) atoms. The zero-order valence-electron chi connectivity index (χ0n) is 18.2. The summed E-state index contributed by atoms with van der Waals surface area (Å²) in [5.74, 6) is -1.49. The van der Waals surface area contributed by atoms with E-state index in [-0.39, 0.29) is 39.9 Å². The molecule has 4 rings (SSSR count). The Morgan fingerprint density at radius 3 is 2.15 bits per heavy atom. The Morgan fingerprint density at radius 2 is 1.56 bits per heavy atom. The van der Waals surface area contributed by atoms with E-state index in [0.717, 1.165) is 6.07 Å². The van der Waals surface area contributed by atoms with E-state index < -0.39 is 32.3 Å². The molecule has 3 aromatic carbocycles. The number of nitrogen functional groups attached to an aromatic ring is 1. The molecule has 0 atom stereocenters. The summed E-state index contributed by atoms with van der Waals surface area (Å²) >= 11 is 0. The number of hydrogen-bond acceptors (Lipinski definition) is 7. The molecule has 3 aromatic rings. The minimum absolute atomic E-state index is 0.0499. The topological polar surface area (TPSA) is 156 Å². The van der Waals surface area contributed by atoms with Crippen LogP contribution in [0.5, 0.6) is 0 Å². The molecule has 0 heterocycles. The van der Waals surface area contributed by atoms with Crippen molar-refractivity contribution >= 4 is 44.7 Å². The monoisotopic (exact) mass is 479 g/mol. The van der Waals surface area contributed by atoms with E-state index >= 15 is 0 Å². The summed E-state index contributed by atoms with van der Waals surface area (Å²) in [4.78, 5) is 38.2. The Labute approximate surface area is 195 Å². The molecule has 9 nitrogen and oxygen atoms in total. The third kappa shape index (κ3) is 4.04. The summed E-state index contributed by atoms with van der Waals surface area (Å²) < 4.78 is 33.8. The van der Waals surface area contributed by atoms with Gasteiger partial charge in [0.25, 0.3) is 16.0 Å². The van der Waals surface area contributed by atoms with Crippen LogP contribution in [0.2, 0.25) is 0 Å². The highest BCUT2D eigenvalue weighted by Gasteiger charge is 2.36. The van der Waals surface area contributed by atoms with E-state index in [1.165, 1.54) is 18.2 Å². The Morgan fingerprint density at radius 1 is 0.941 bits per heavy atom. The number of nitrogens with two attached hydrogens (primary N) is 1. The van der Waals surface area contributed by atoms with Crippen LogP contribution in [0, 0.1) is 0 Å². The Balaban J connectivity index is 1.90. The van der Waals surface area contributed by atoms with Gasteiger partial charge in [0, 0.05) is 28.4 Å². The number of fused-ring (bicyclic) bond motifs is 2. The summed E-state index contributed by atoms with van der Waals surface area (Å²) in [5, 5.41) is 5.68. The van der Waals surface area contributed by atoms with E-state index in [9.17, 15) is 27.4 Å². The summed E-state index contributed by atoms with van der Waals surface area (Å²) in [6.07, 6.45) is 0. The maximum absolute atomic E-state index is 13.4. The molecule has 5 N–H and O–H groups in total. The zero-order valence-corrected chi connectivity index (χ0v) is 19.1. The molecule has 0 bridgehead atoms. The quantitative estimate of drug-likeness (QED) is 0.251. The van der Waals surface area contributed by atoms with E-state index in [4.69, 9.17) is 5.73 Å². The van der Waals surface area contributed by atoms with Gasteiger partial charge in [-0.1, -0.05) is 30.3 Å². The summed E-state index contributed by atoms with van der Waals surface area (Å²) in [6, 6.07) is 13.3. The number of hydrogen-bond donors (Lipinski definition) is 4. The highest BCUT2D eigenvalue weighted by Crippen LogP contribution is 2.40. The normalized spacial score (nSPS) is 12.8. The number of ketones is 2. The molecule has 0 radical (unpaired) electrons. The van der Waals surface area contributed by atoms with E-state index in [1.807, 2.05) is 13.8 Å². The minimum atomic E-state index is -4.83. The molecule has 0 saturated heterocycles. The second kappa shape index (κ2) is 8.40. The van der Waals surface area contributed by atoms with Crippen LogP contribution >= 0.6 is 0 Å². The van der Waals surface area contributed by atoms with Gasteiger partial charge in [0.15, 0.2) is 11.6 Å². The first kappa shape index (κ1) is 23.1. The average molecular weight is 480 g/mol. The molecule has 0 spiro atoms. The molecular weight excluding hydrogens is 458 g/mol. The smallest absolute Gasteiger partial charge is 0.296 e. The average Bonchev–Trinajstić information content (AvgIpc) is 2.77. The summed E-state index contributed by atoms with van der Waals surface area (Å²) in [6.45, 7) is 3.63. The largest absolute Gasteiger partial charge is 0.397 e. The highest BCUT2D eigenvalue weighted by molar-refractivity contribution is 7.86. The van der Waals surface area contributed by atoms with Crippen LogP contribution in [0.1, 0.15) is 56.0 Å². The van der Waals surface area contributed by atoms with Crippen molar-refractivity contribution in [2.45, 2.75) is 24.8 Å². The number of benzene rings is 3. The Bertz CT molecular complexity index is 1480. The molecule has 0 unspecified atom stereocenters. The second-order valence-corrected chi connectivity index (χ2v) is 9.49. The van der Waals surface area contributed by atoms with Gasteiger partial charge in [-0.05, 0) is 38.1 Å². The lowest BCUT2D eigenvalue weighted by Gasteiger charge is -2.23. The third-order valence-electron chi connectivity index (χ3n) is 5.30. The molecular formula is C24H21N3O6S. The maximum Gasteiger partial charge on any atom is 0.296 e. The SMILES string of the molecule is CC(C)NC(=O)c1cccc(Nc2cc(S(=O)(=O)O)c(N)c3c2C(=O)c2ccccc2C3=O)c1. The van der Waals surface area contributed by atoms with Crippen molar-refractivity contribution in [3.8, 4) is 0 Å². The van der Waals surface area contributed by atoms with Gasteiger partial charge in [-0.15, -0.1) is 0 Å². The standard InChI is InChI=1S/C24H21N3O6S/c1-12(2)26-24(30)13-6-5-7-14(10-13)27-17-11-18(34(31,32)33)21(25)20-19(17)22(28)15-8-3-4-9-16(15)23(20)29/h3-12,27H,25H2,1-2H3,(H,26,30)(H,31,32,33). The van der Waals surface area contributed by atoms with Crippen LogP contribution in [0.15, 0.2) is 59.5 Å². The maximum atomic E-state index is 13.4. The summed E-state index contributed by atoms with van der Waals surface area (Å²) in [7, 11) is -4.83. The molecule has 0 aliphatic heterocycles. The second-order valence-electron chi connectivity index (χ2n) is 8.10. The van der Waals surface area contributed by atoms with Crippen LogP contribution in [-0.2, 0) is 10.1 Å². The van der Waals surface area contributed by atoms with Gasteiger partial charge in [-0.25, -0.2) is 0 Å². The third-order valence-corrected chi connectivity index (χ3v) is 6.20. The first-order valence-corrected chi connectivity index (χ1v) is 11.7. The fourth-order valence-electron chi connectivity index (χ4n) is 3.84. The number of carbonyl (C=O) groups excluding carboxylic acids is 3. The molecule has 0 aromatic heterocycles. The Kier molecular flexibility index (Phi) is 5.72. The number of rotatable bonds is 5. The molecule has 1 aliphatic rings. The molecule has 0 saturated carbocycles. The van der Waals surface area contributed by atoms with Crippen molar-refractivity contribution in [3.63, 3.8) is 0 Å². The van der Waals surface area contributed by atoms with Gasteiger partial charge in [-0.3, -0.25) is 18.9 Å². The van der Waals surface area contributed by atoms with Crippen LogP contribution < -0.4 is 16.4 Å². The van der Waals surface area contributed by atoms with E-state index in [1.54, 1.807) is 30.3 Å². The van der Waals surface area contributed by atoms with Crippen LogP contribution in [0.25, 0.3) is 0 Å². The predicted octanol–water partition coefficient (Wildman–Crippen LogP) is 3.17. The van der Waals surface area contributed by atoms with Gasteiger partial charge in [0.1, 0.15) is 4.90 Å². The van der Waals surface area contributed by atoms with Crippen LogP contribution in [0.3, 0.4) is 0 Å². The Hall–Kier alpha value is -4.02. The highest BCUT2D eigenvalue weighted by atomic mass is 32.2. The number of nitrogens with one attached hydrogen (secondary N) is 2. The number of carbonyl (C=O) groups is 3. The first-order chi connectivity index (χ1) is 16.0. The lowest BCUT2D eigenvalue weighted by atomic mass is 9.82. The molecule has 1 amide bonds. The van der Waals surface area contributed by atoms with Crippen molar-refractivity contribution in [1.29, 1.82) is 0 Å². The van der Waals surface area contributed by atoms with Crippen LogP contribution in [0.4, 0.5) is 17.1 Å². The molecule has 174 valence electrons. The minimum Gasteiger partial charge on any atom is -0.397 e. The van der Waals surface area contributed by atoms with Gasteiger partial charge in [0.2, 0.25) is 0 Å². The van der Waals surface area contributed by atoms with Gasteiger partial charge < -0.3 is 16.4 Å². The number of anilines is 3. The van der Waals surface area contributed by atoms with Gasteiger partial charge in [0.05, 0.1) is 22.5 Å². The fraction of sp³-hybridized carbons (Fsp3) is 0.125. The molecule has 0 fully saturated rings. The van der Waals surface area contributed by atoms with Crippen molar-refractivity contribution in [3.05, 3.63) is 82.4 Å². The lowest BCUT2D eigenvalue weighted by molar-refractivity contribution is 0.0942. The van der Waals surface area contributed by atoms with Crippen molar-refractivity contribution in [2.75, 3.05) is 11.1 Å². The zero-order chi connectivity index (χ0) is 24.8. The van der Waals surface area contributed by atoms with E-state index in [0.29, 0.717) is 11.3 Å². The molecule has 10 heteroatoms. The van der Waals surface area contributed by atoms with Crippen molar-refractivity contribution in [2.24, 2.45) is 0 Å². The predicted molar refractivity (Wildman–Crippen MR) is 126 cm³/mol. The fourth-order valence-corrected chi connectivity index (χ4v) is 4.49. The van der Waals surface area contributed by atoms with Crippen LogP contribution in [-0.4, -0.2) is 36.5 Å². The van der Waals surface area contributed by atoms with Crippen molar-refractivity contribution < 1.29 is 27.4 Å². The lowest BCUT2D eigenvalue weighted by Crippen LogP contribution is -2.30. The van der Waals surface area contributed by atoms with Gasteiger partial charge >= 0.3 is 0 Å². The van der Waals surface area contributed by atoms with Crippen molar-refractivity contribution in [1.82, 2.24) is 5.32 Å². The first-order valence-electron chi connectivity index (χ1n) is 10.3. The number of amides is 1.